The molecular weight excluding hydrogens is 322 g/mol. The number of carbonyl (C=O) groups excluding carboxylic acids is 2. The van der Waals surface area contributed by atoms with Gasteiger partial charge in [-0.3, -0.25) is 9.78 Å². The Morgan fingerprint density at radius 2 is 1.84 bits per heavy atom. The third-order valence-electron chi connectivity index (χ3n) is 3.40. The summed E-state index contributed by atoms with van der Waals surface area (Å²) in [5, 5.41) is 5.96. The fraction of sp³-hybridized carbons (Fsp3) is 0.278. The van der Waals surface area contributed by atoms with Crippen LogP contribution >= 0.6 is 0 Å². The number of ether oxygens (including phenoxy) is 2. The zero-order valence-corrected chi connectivity index (χ0v) is 14.2. The van der Waals surface area contributed by atoms with E-state index in [1.54, 1.807) is 49.7 Å². The molecular formula is C18H21N3O4. The maximum atomic E-state index is 12.1. The lowest BCUT2D eigenvalue weighted by atomic mass is 10.2. The van der Waals surface area contributed by atoms with Gasteiger partial charge in [0.05, 0.1) is 12.7 Å². The number of carbonyl (C=O) groups is 2. The molecule has 1 amide bonds. The molecule has 2 aromatic rings. The molecule has 0 saturated carbocycles. The zero-order valence-electron chi connectivity index (χ0n) is 14.2. The van der Waals surface area contributed by atoms with Gasteiger partial charge in [0.15, 0.2) is 0 Å². The minimum absolute atomic E-state index is 0.235. The number of methoxy groups -OCH3 is 2. The van der Waals surface area contributed by atoms with Crippen molar-refractivity contribution in [2.75, 3.05) is 32.7 Å². The van der Waals surface area contributed by atoms with Gasteiger partial charge in [-0.25, -0.2) is 4.79 Å². The molecule has 0 saturated heterocycles. The summed E-state index contributed by atoms with van der Waals surface area (Å²) in [7, 11) is 2.96. The summed E-state index contributed by atoms with van der Waals surface area (Å²) in [6.07, 6.45) is 2.31. The molecule has 0 atom stereocenters. The first-order chi connectivity index (χ1) is 12.1. The zero-order chi connectivity index (χ0) is 18.1. The Hall–Kier alpha value is -2.93. The van der Waals surface area contributed by atoms with Crippen molar-refractivity contribution in [3.63, 3.8) is 0 Å². The van der Waals surface area contributed by atoms with Crippen LogP contribution in [0.2, 0.25) is 0 Å². The Kier molecular flexibility index (Phi) is 6.91. The van der Waals surface area contributed by atoms with Gasteiger partial charge in [0, 0.05) is 37.8 Å². The van der Waals surface area contributed by atoms with Gasteiger partial charge in [0.25, 0.3) is 5.91 Å². The molecule has 1 aromatic carbocycles. The highest BCUT2D eigenvalue weighted by atomic mass is 16.5. The Labute approximate surface area is 146 Å². The van der Waals surface area contributed by atoms with Crippen molar-refractivity contribution >= 4 is 23.3 Å². The molecule has 1 heterocycles. The Bertz CT molecular complexity index is 717. The predicted octanol–water partition coefficient (Wildman–Crippen LogP) is 2.38. The van der Waals surface area contributed by atoms with E-state index in [9.17, 15) is 9.59 Å². The molecule has 2 N–H and O–H groups in total. The third kappa shape index (κ3) is 5.58. The van der Waals surface area contributed by atoms with Crippen molar-refractivity contribution in [1.82, 2.24) is 10.3 Å². The van der Waals surface area contributed by atoms with Crippen LogP contribution < -0.4 is 10.6 Å². The second-order valence-electron chi connectivity index (χ2n) is 5.23. The van der Waals surface area contributed by atoms with Gasteiger partial charge in [-0.05, 0) is 42.8 Å². The summed E-state index contributed by atoms with van der Waals surface area (Å²) in [5.41, 5.74) is 2.31. The van der Waals surface area contributed by atoms with Crippen LogP contribution in [-0.4, -0.2) is 44.2 Å². The van der Waals surface area contributed by atoms with E-state index in [2.05, 4.69) is 20.4 Å². The largest absolute Gasteiger partial charge is 0.465 e. The fourth-order valence-electron chi connectivity index (χ4n) is 2.12. The van der Waals surface area contributed by atoms with E-state index in [4.69, 9.17) is 4.74 Å². The van der Waals surface area contributed by atoms with Crippen molar-refractivity contribution in [3.8, 4) is 0 Å². The van der Waals surface area contributed by atoms with Crippen molar-refractivity contribution in [2.45, 2.75) is 6.42 Å². The number of pyridine rings is 1. The molecule has 0 aliphatic carbocycles. The second kappa shape index (κ2) is 9.39. The molecule has 7 heteroatoms. The van der Waals surface area contributed by atoms with Crippen LogP contribution in [0.4, 0.5) is 11.4 Å². The molecule has 1 aromatic heterocycles. The summed E-state index contributed by atoms with van der Waals surface area (Å²) >= 11 is 0. The van der Waals surface area contributed by atoms with Crippen LogP contribution in [-0.2, 0) is 9.47 Å². The van der Waals surface area contributed by atoms with Gasteiger partial charge in [0.2, 0.25) is 0 Å². The maximum absolute atomic E-state index is 12.1. The lowest BCUT2D eigenvalue weighted by Crippen LogP contribution is -2.26. The summed E-state index contributed by atoms with van der Waals surface area (Å²) in [6, 6.07) is 10.3. The highest BCUT2D eigenvalue weighted by Gasteiger charge is 2.08. The van der Waals surface area contributed by atoms with Gasteiger partial charge >= 0.3 is 5.97 Å². The van der Waals surface area contributed by atoms with E-state index in [0.717, 1.165) is 17.8 Å². The summed E-state index contributed by atoms with van der Waals surface area (Å²) in [6.45, 7) is 1.12. The Morgan fingerprint density at radius 3 is 2.52 bits per heavy atom. The minimum Gasteiger partial charge on any atom is -0.465 e. The third-order valence-corrected chi connectivity index (χ3v) is 3.40. The first kappa shape index (κ1) is 18.4. The van der Waals surface area contributed by atoms with Gasteiger partial charge < -0.3 is 20.1 Å². The number of anilines is 2. The average molecular weight is 343 g/mol. The molecule has 25 heavy (non-hydrogen) atoms. The van der Waals surface area contributed by atoms with Gasteiger partial charge in [0.1, 0.15) is 5.69 Å². The fourth-order valence-corrected chi connectivity index (χ4v) is 2.12. The number of aromatic nitrogens is 1. The molecule has 0 aliphatic heterocycles. The van der Waals surface area contributed by atoms with Crippen molar-refractivity contribution < 1.29 is 19.1 Å². The van der Waals surface area contributed by atoms with Crippen molar-refractivity contribution in [1.29, 1.82) is 0 Å². The highest BCUT2D eigenvalue weighted by molar-refractivity contribution is 5.93. The van der Waals surface area contributed by atoms with Crippen LogP contribution in [0.15, 0.2) is 42.6 Å². The number of rotatable bonds is 8. The van der Waals surface area contributed by atoms with E-state index in [1.807, 2.05) is 0 Å². The Morgan fingerprint density at radius 1 is 1.08 bits per heavy atom. The molecule has 7 nitrogen and oxygen atoms in total. The molecule has 0 bridgehead atoms. The molecule has 0 spiro atoms. The van der Waals surface area contributed by atoms with Crippen molar-refractivity contribution in [3.05, 3.63) is 53.9 Å². The summed E-state index contributed by atoms with van der Waals surface area (Å²) < 4.78 is 9.60. The highest BCUT2D eigenvalue weighted by Crippen LogP contribution is 2.17. The molecule has 2 rings (SSSR count). The van der Waals surface area contributed by atoms with Gasteiger partial charge in [-0.1, -0.05) is 0 Å². The first-order valence-corrected chi connectivity index (χ1v) is 7.82. The topological polar surface area (TPSA) is 89.6 Å². The monoisotopic (exact) mass is 343 g/mol. The number of hydrogen-bond donors (Lipinski definition) is 2. The standard InChI is InChI=1S/C18H21N3O4/c1-24-11-3-9-20-17(22)16-12-15(8-10-19-16)21-14-6-4-13(5-7-14)18(23)25-2/h4-8,10,12H,3,9,11H2,1-2H3,(H,19,21)(H,20,22). The van der Waals surface area contributed by atoms with Crippen molar-refractivity contribution in [2.24, 2.45) is 0 Å². The van der Waals surface area contributed by atoms with Gasteiger partial charge in [-0.15, -0.1) is 0 Å². The quantitative estimate of drug-likeness (QED) is 0.565. The van der Waals surface area contributed by atoms with E-state index in [0.29, 0.717) is 24.4 Å². The maximum Gasteiger partial charge on any atom is 0.337 e. The van der Waals surface area contributed by atoms with Gasteiger partial charge in [-0.2, -0.15) is 0 Å². The average Bonchev–Trinajstić information content (AvgIpc) is 2.65. The van der Waals surface area contributed by atoms with Crippen LogP contribution in [0, 0.1) is 0 Å². The van der Waals surface area contributed by atoms with E-state index >= 15 is 0 Å². The SMILES string of the molecule is COCCCNC(=O)c1cc(Nc2ccc(C(=O)OC)cc2)ccn1. The van der Waals surface area contributed by atoms with E-state index in [-0.39, 0.29) is 11.9 Å². The molecule has 0 aliphatic rings. The number of amides is 1. The van der Waals surface area contributed by atoms with Crippen LogP contribution in [0.3, 0.4) is 0 Å². The smallest absolute Gasteiger partial charge is 0.337 e. The number of nitrogens with one attached hydrogen (secondary N) is 2. The molecule has 0 fully saturated rings. The molecule has 0 unspecified atom stereocenters. The Balaban J connectivity index is 1.98. The number of nitrogens with zero attached hydrogens (tertiary/aromatic N) is 1. The molecule has 132 valence electrons. The minimum atomic E-state index is -0.386. The summed E-state index contributed by atoms with van der Waals surface area (Å²) in [5.74, 6) is -0.622. The summed E-state index contributed by atoms with van der Waals surface area (Å²) in [4.78, 5) is 27.6. The lowest BCUT2D eigenvalue weighted by Gasteiger charge is -2.09. The van der Waals surface area contributed by atoms with E-state index in [1.165, 1.54) is 7.11 Å². The second-order valence-corrected chi connectivity index (χ2v) is 5.23. The molecule has 0 radical (unpaired) electrons. The lowest BCUT2D eigenvalue weighted by molar-refractivity contribution is 0.0600. The number of benzene rings is 1. The normalized spacial score (nSPS) is 10.2. The van der Waals surface area contributed by atoms with Crippen LogP contribution in [0.5, 0.6) is 0 Å². The number of esters is 1. The predicted molar refractivity (Wildman–Crippen MR) is 94.1 cm³/mol. The van der Waals surface area contributed by atoms with Crippen LogP contribution in [0.25, 0.3) is 0 Å². The number of hydrogen-bond acceptors (Lipinski definition) is 6. The first-order valence-electron chi connectivity index (χ1n) is 7.82. The van der Waals surface area contributed by atoms with E-state index < -0.39 is 0 Å². The van der Waals surface area contributed by atoms with Crippen LogP contribution in [0.1, 0.15) is 27.3 Å².